The monoisotopic (exact) mass is 442 g/mol. The van der Waals surface area contributed by atoms with Crippen LogP contribution in [0.4, 0.5) is 11.4 Å². The fraction of sp³-hybridized carbons (Fsp3) is 0.250. The van der Waals surface area contributed by atoms with E-state index in [1.807, 2.05) is 0 Å². The summed E-state index contributed by atoms with van der Waals surface area (Å²) in [6, 6.07) is 14.1. The molecular weight excluding hydrogens is 420 g/mol. The van der Waals surface area contributed by atoms with Crippen LogP contribution in [0.1, 0.15) is 37.3 Å². The van der Waals surface area contributed by atoms with Gasteiger partial charge in [0.25, 0.3) is 0 Å². The second kappa shape index (κ2) is 11.3. The van der Waals surface area contributed by atoms with Crippen LogP contribution in [0.2, 0.25) is 0 Å². The Morgan fingerprint density at radius 3 is 1.91 bits per heavy atom. The van der Waals surface area contributed by atoms with E-state index < -0.39 is 0 Å². The molecule has 0 N–H and O–H groups in total. The van der Waals surface area contributed by atoms with Crippen LogP contribution < -0.4 is 0 Å². The molecule has 0 amide bonds. The van der Waals surface area contributed by atoms with Gasteiger partial charge in [0.15, 0.2) is 5.78 Å². The minimum atomic E-state index is -0.347. The minimum absolute atomic E-state index is 0.0674. The first-order valence-corrected chi connectivity index (χ1v) is 10.4. The average Bonchev–Trinajstić information content (AvgIpc) is 2.79. The largest absolute Gasteiger partial charge is 0.466 e. The second-order valence-electron chi connectivity index (χ2n) is 7.57. The van der Waals surface area contributed by atoms with Gasteiger partial charge in [-0.25, -0.2) is 0 Å². The van der Waals surface area contributed by atoms with Crippen molar-refractivity contribution in [2.24, 2.45) is 16.1 Å². The van der Waals surface area contributed by atoms with Gasteiger partial charge in [-0.3, -0.25) is 9.59 Å². The van der Waals surface area contributed by atoms with E-state index in [1.54, 1.807) is 60.7 Å². The standard InChI is InChI=1S/C24H22N6O3/c1-16(31)33-11-10-17-12-20(14-18-6-2-4-8-22(18)27-29-25)24(32)21(13-17)15-19-7-3-5-9-23(19)28-30-26/h2-9,14-15,17H,10-13H2,1H3/b20-14+,21-15+. The highest BCUT2D eigenvalue weighted by Crippen LogP contribution is 2.36. The van der Waals surface area contributed by atoms with Gasteiger partial charge in [0.1, 0.15) is 0 Å². The van der Waals surface area contributed by atoms with E-state index in [0.717, 1.165) is 0 Å². The molecule has 9 heteroatoms. The Balaban J connectivity index is 2.01. The van der Waals surface area contributed by atoms with Crippen LogP contribution in [-0.4, -0.2) is 18.4 Å². The van der Waals surface area contributed by atoms with Crippen LogP contribution in [0.3, 0.4) is 0 Å². The molecule has 1 aliphatic carbocycles. The summed E-state index contributed by atoms with van der Waals surface area (Å²) >= 11 is 0. The van der Waals surface area contributed by atoms with E-state index in [4.69, 9.17) is 15.8 Å². The predicted octanol–water partition coefficient (Wildman–Crippen LogP) is 6.97. The third kappa shape index (κ3) is 6.33. The zero-order valence-electron chi connectivity index (χ0n) is 18.1. The van der Waals surface area contributed by atoms with E-state index in [0.29, 0.717) is 52.9 Å². The number of azide groups is 2. The Bertz CT molecular complexity index is 1140. The van der Waals surface area contributed by atoms with Crippen LogP contribution in [0.25, 0.3) is 33.0 Å². The normalized spacial score (nSPS) is 17.8. The number of Topliss-reactive ketones (excluding diaryl/α,β-unsaturated/α-hetero) is 1. The molecule has 0 aliphatic heterocycles. The molecule has 0 unspecified atom stereocenters. The van der Waals surface area contributed by atoms with Gasteiger partial charge in [0, 0.05) is 39.3 Å². The number of nitrogens with zero attached hydrogens (tertiary/aromatic N) is 6. The highest BCUT2D eigenvalue weighted by Gasteiger charge is 2.28. The van der Waals surface area contributed by atoms with Crippen molar-refractivity contribution in [1.29, 1.82) is 0 Å². The van der Waals surface area contributed by atoms with Gasteiger partial charge in [-0.15, -0.1) is 0 Å². The van der Waals surface area contributed by atoms with Gasteiger partial charge in [-0.05, 0) is 59.5 Å². The minimum Gasteiger partial charge on any atom is -0.466 e. The molecule has 0 spiro atoms. The summed E-state index contributed by atoms with van der Waals surface area (Å²) in [4.78, 5) is 30.3. The zero-order valence-corrected chi connectivity index (χ0v) is 18.1. The second-order valence-corrected chi connectivity index (χ2v) is 7.57. The van der Waals surface area contributed by atoms with E-state index in [9.17, 15) is 9.59 Å². The van der Waals surface area contributed by atoms with Crippen LogP contribution in [-0.2, 0) is 14.3 Å². The molecule has 0 saturated heterocycles. The van der Waals surface area contributed by atoms with Crippen molar-refractivity contribution in [3.8, 4) is 0 Å². The van der Waals surface area contributed by atoms with E-state index in [1.165, 1.54) is 6.92 Å². The van der Waals surface area contributed by atoms with Crippen molar-refractivity contribution in [2.45, 2.75) is 26.2 Å². The molecular formula is C24H22N6O3. The summed E-state index contributed by atoms with van der Waals surface area (Å²) in [5, 5.41) is 7.42. The van der Waals surface area contributed by atoms with Gasteiger partial charge in [0.05, 0.1) is 6.61 Å². The number of ether oxygens (including phenoxy) is 1. The Morgan fingerprint density at radius 2 is 1.45 bits per heavy atom. The smallest absolute Gasteiger partial charge is 0.302 e. The molecule has 0 atom stereocenters. The third-order valence-corrected chi connectivity index (χ3v) is 5.27. The number of carbonyl (C=O) groups excluding carboxylic acids is 2. The number of hydrogen-bond donors (Lipinski definition) is 0. The van der Waals surface area contributed by atoms with Gasteiger partial charge in [-0.2, -0.15) is 0 Å². The fourth-order valence-electron chi connectivity index (χ4n) is 3.78. The lowest BCUT2D eigenvalue weighted by atomic mass is 9.78. The topological polar surface area (TPSA) is 141 Å². The molecule has 33 heavy (non-hydrogen) atoms. The highest BCUT2D eigenvalue weighted by atomic mass is 16.5. The van der Waals surface area contributed by atoms with Gasteiger partial charge in [0.2, 0.25) is 0 Å². The van der Waals surface area contributed by atoms with Crippen molar-refractivity contribution in [1.82, 2.24) is 0 Å². The van der Waals surface area contributed by atoms with E-state index >= 15 is 0 Å². The first-order valence-electron chi connectivity index (χ1n) is 10.4. The summed E-state index contributed by atoms with van der Waals surface area (Å²) in [5.74, 6) is -0.400. The third-order valence-electron chi connectivity index (χ3n) is 5.27. The summed E-state index contributed by atoms with van der Waals surface area (Å²) in [7, 11) is 0. The van der Waals surface area contributed by atoms with Gasteiger partial charge >= 0.3 is 5.97 Å². The summed E-state index contributed by atoms with van der Waals surface area (Å²) in [6.45, 7) is 1.62. The van der Waals surface area contributed by atoms with Crippen molar-refractivity contribution in [2.75, 3.05) is 6.61 Å². The molecule has 3 rings (SSSR count). The molecule has 0 heterocycles. The number of benzene rings is 2. The first-order chi connectivity index (χ1) is 16.0. The number of allylic oxidation sites excluding steroid dienone is 2. The maximum absolute atomic E-state index is 13.4. The number of rotatable bonds is 7. The predicted molar refractivity (Wildman–Crippen MR) is 125 cm³/mol. The quantitative estimate of drug-likeness (QED) is 0.150. The molecule has 1 aliphatic rings. The summed E-state index contributed by atoms with van der Waals surface area (Å²) in [5.41, 5.74) is 21.0. The molecule has 2 aromatic carbocycles. The number of ketones is 1. The lowest BCUT2D eigenvalue weighted by Crippen LogP contribution is -2.21. The Hall–Kier alpha value is -4.32. The van der Waals surface area contributed by atoms with E-state index in [-0.39, 0.29) is 24.3 Å². The van der Waals surface area contributed by atoms with Crippen LogP contribution in [0.5, 0.6) is 0 Å². The van der Waals surface area contributed by atoms with Gasteiger partial charge < -0.3 is 4.74 Å². The zero-order chi connectivity index (χ0) is 23.6. The first kappa shape index (κ1) is 23.3. The maximum atomic E-state index is 13.4. The molecule has 9 nitrogen and oxygen atoms in total. The number of carbonyl (C=O) groups is 2. The van der Waals surface area contributed by atoms with Crippen LogP contribution in [0, 0.1) is 5.92 Å². The van der Waals surface area contributed by atoms with Crippen molar-refractivity contribution < 1.29 is 14.3 Å². The lowest BCUT2D eigenvalue weighted by Gasteiger charge is -2.26. The molecule has 1 fully saturated rings. The summed E-state index contributed by atoms with van der Waals surface area (Å²) < 4.78 is 5.11. The Morgan fingerprint density at radius 1 is 0.970 bits per heavy atom. The van der Waals surface area contributed by atoms with E-state index in [2.05, 4.69) is 20.1 Å². The van der Waals surface area contributed by atoms with Crippen molar-refractivity contribution >= 4 is 35.3 Å². The molecule has 0 bridgehead atoms. The molecule has 2 aromatic rings. The average molecular weight is 442 g/mol. The van der Waals surface area contributed by atoms with Crippen LogP contribution in [0.15, 0.2) is 69.9 Å². The maximum Gasteiger partial charge on any atom is 0.302 e. The summed E-state index contributed by atoms with van der Waals surface area (Å²) in [6.07, 6.45) is 5.09. The lowest BCUT2D eigenvalue weighted by molar-refractivity contribution is -0.141. The molecule has 0 radical (unpaired) electrons. The SMILES string of the molecule is CC(=O)OCCC1C/C(=C\c2ccccc2N=[N+]=[N-])C(=O)/C(=C/c2ccccc2N=[N+]=[N-])C1. The molecule has 1 saturated carbocycles. The van der Waals surface area contributed by atoms with Crippen molar-refractivity contribution in [3.05, 3.63) is 91.7 Å². The van der Waals surface area contributed by atoms with Gasteiger partial charge in [-0.1, -0.05) is 58.8 Å². The number of hydrogen-bond acceptors (Lipinski definition) is 5. The number of esters is 1. The highest BCUT2D eigenvalue weighted by molar-refractivity contribution is 6.14. The Kier molecular flexibility index (Phi) is 8.02. The molecule has 166 valence electrons. The Labute approximate surface area is 190 Å². The van der Waals surface area contributed by atoms with Crippen LogP contribution >= 0.6 is 0 Å². The van der Waals surface area contributed by atoms with Crippen molar-refractivity contribution in [3.63, 3.8) is 0 Å². The molecule has 0 aromatic heterocycles. The fourth-order valence-corrected chi connectivity index (χ4v) is 3.78.